The average molecular weight is 414 g/mol. The Morgan fingerprint density at radius 1 is 1.10 bits per heavy atom. The van der Waals surface area contributed by atoms with Crippen LogP contribution >= 0.6 is 0 Å². The summed E-state index contributed by atoms with van der Waals surface area (Å²) in [6.07, 6.45) is 0. The summed E-state index contributed by atoms with van der Waals surface area (Å²) in [5.41, 5.74) is -0.243. The molecule has 1 fully saturated rings. The van der Waals surface area contributed by atoms with Crippen LogP contribution in [0.15, 0.2) is 59.0 Å². The predicted molar refractivity (Wildman–Crippen MR) is 99.2 cm³/mol. The largest absolute Gasteiger partial charge is 0.435 e. The maximum Gasteiger partial charge on any atom is 0.387 e. The Morgan fingerprint density at radius 2 is 1.80 bits per heavy atom. The minimum Gasteiger partial charge on any atom is -0.435 e. The highest BCUT2D eigenvalue weighted by molar-refractivity contribution is 6.07. The van der Waals surface area contributed by atoms with Crippen molar-refractivity contribution in [2.75, 3.05) is 0 Å². The highest BCUT2D eigenvalue weighted by atomic mass is 19.3. The van der Waals surface area contributed by atoms with Crippen molar-refractivity contribution in [2.24, 2.45) is 0 Å². The van der Waals surface area contributed by atoms with E-state index in [1.807, 2.05) is 18.2 Å². The van der Waals surface area contributed by atoms with Gasteiger partial charge in [-0.25, -0.2) is 4.79 Å². The number of carbonyl (C=O) groups is 2. The van der Waals surface area contributed by atoms with Crippen molar-refractivity contribution in [1.29, 1.82) is 0 Å². The number of ether oxygens (including phenoxy) is 1. The standard InChI is InChI=1S/C20H16F2N4O4/c1-20(13-7-9-14(10-8-13)29-18(21)22)17(27)26(19(28)23-20)11-15-24-25-16(30-15)12-5-3-2-4-6-12/h2-10,18H,11H2,1H3,(H,23,28). The maximum absolute atomic E-state index is 13.0. The summed E-state index contributed by atoms with van der Waals surface area (Å²) in [5, 5.41) is 10.5. The Bertz CT molecular complexity index is 1070. The third kappa shape index (κ3) is 3.59. The Labute approximate surface area is 169 Å². The van der Waals surface area contributed by atoms with Gasteiger partial charge in [-0.1, -0.05) is 30.3 Å². The molecule has 1 N–H and O–H groups in total. The van der Waals surface area contributed by atoms with Crippen LogP contribution in [0.2, 0.25) is 0 Å². The van der Waals surface area contributed by atoms with Gasteiger partial charge in [-0.15, -0.1) is 10.2 Å². The van der Waals surface area contributed by atoms with Crippen molar-refractivity contribution in [2.45, 2.75) is 25.6 Å². The number of nitrogens with zero attached hydrogens (tertiary/aromatic N) is 3. The summed E-state index contributed by atoms with van der Waals surface area (Å²) in [6, 6.07) is 13.9. The lowest BCUT2D eigenvalue weighted by Gasteiger charge is -2.22. The van der Waals surface area contributed by atoms with Crippen LogP contribution in [0.3, 0.4) is 0 Å². The fourth-order valence-electron chi connectivity index (χ4n) is 3.16. The molecule has 2 aromatic carbocycles. The fraction of sp³-hybridized carbons (Fsp3) is 0.200. The molecule has 1 aromatic heterocycles. The van der Waals surface area contributed by atoms with Crippen LogP contribution in [0.1, 0.15) is 18.4 Å². The molecule has 154 valence electrons. The van der Waals surface area contributed by atoms with Crippen molar-refractivity contribution in [1.82, 2.24) is 20.4 Å². The van der Waals surface area contributed by atoms with E-state index in [2.05, 4.69) is 20.3 Å². The lowest BCUT2D eigenvalue weighted by atomic mass is 9.92. The van der Waals surface area contributed by atoms with Crippen molar-refractivity contribution < 1.29 is 27.5 Å². The highest BCUT2D eigenvalue weighted by Crippen LogP contribution is 2.31. The van der Waals surface area contributed by atoms with E-state index in [4.69, 9.17) is 4.42 Å². The number of hydrogen-bond acceptors (Lipinski definition) is 6. The Hall–Kier alpha value is -3.82. The third-order valence-electron chi connectivity index (χ3n) is 4.71. The second kappa shape index (κ2) is 7.54. The SMILES string of the molecule is CC1(c2ccc(OC(F)F)cc2)NC(=O)N(Cc2nnc(-c3ccccc3)o2)C1=O. The molecule has 10 heteroatoms. The molecule has 1 atom stereocenters. The van der Waals surface area contributed by atoms with E-state index in [0.717, 1.165) is 4.90 Å². The van der Waals surface area contributed by atoms with Gasteiger partial charge in [-0.05, 0) is 36.8 Å². The molecule has 1 aliphatic rings. The first kappa shape index (κ1) is 19.5. The lowest BCUT2D eigenvalue weighted by molar-refractivity contribution is -0.131. The summed E-state index contributed by atoms with van der Waals surface area (Å²) in [5.74, 6) is -0.211. The Kier molecular flexibility index (Phi) is 4.90. The molecular formula is C20H16F2N4O4. The number of alkyl halides is 2. The molecule has 0 bridgehead atoms. The maximum atomic E-state index is 13.0. The molecule has 0 radical (unpaired) electrons. The average Bonchev–Trinajstić information content (AvgIpc) is 3.28. The summed E-state index contributed by atoms with van der Waals surface area (Å²) < 4.78 is 34.5. The number of hydrogen-bond donors (Lipinski definition) is 1. The first-order valence-corrected chi connectivity index (χ1v) is 8.94. The van der Waals surface area contributed by atoms with Gasteiger partial charge in [0.05, 0.1) is 0 Å². The van der Waals surface area contributed by atoms with E-state index in [9.17, 15) is 18.4 Å². The van der Waals surface area contributed by atoms with Gasteiger partial charge in [0, 0.05) is 5.56 Å². The first-order valence-electron chi connectivity index (χ1n) is 8.94. The molecule has 8 nitrogen and oxygen atoms in total. The molecule has 30 heavy (non-hydrogen) atoms. The van der Waals surface area contributed by atoms with Gasteiger partial charge < -0.3 is 14.5 Å². The van der Waals surface area contributed by atoms with Crippen molar-refractivity contribution >= 4 is 11.9 Å². The van der Waals surface area contributed by atoms with Gasteiger partial charge in [0.1, 0.15) is 17.8 Å². The zero-order valence-electron chi connectivity index (χ0n) is 15.7. The molecule has 2 heterocycles. The van der Waals surface area contributed by atoms with E-state index in [1.165, 1.54) is 31.2 Å². The molecule has 0 saturated carbocycles. The molecule has 3 aromatic rings. The van der Waals surface area contributed by atoms with Gasteiger partial charge >= 0.3 is 12.6 Å². The summed E-state index contributed by atoms with van der Waals surface area (Å²) in [6.45, 7) is -1.63. The zero-order chi connectivity index (χ0) is 21.3. The second-order valence-electron chi connectivity index (χ2n) is 6.72. The minimum atomic E-state index is -2.95. The number of urea groups is 1. The Balaban J connectivity index is 1.52. The van der Waals surface area contributed by atoms with Gasteiger partial charge in [-0.2, -0.15) is 8.78 Å². The molecule has 1 aliphatic heterocycles. The number of rotatable bonds is 6. The van der Waals surface area contributed by atoms with Crippen molar-refractivity contribution in [3.05, 3.63) is 66.1 Å². The fourth-order valence-corrected chi connectivity index (χ4v) is 3.16. The number of nitrogens with one attached hydrogen (secondary N) is 1. The van der Waals surface area contributed by atoms with Crippen LogP contribution in [0.25, 0.3) is 11.5 Å². The van der Waals surface area contributed by atoms with Crippen LogP contribution in [-0.2, 0) is 16.9 Å². The second-order valence-corrected chi connectivity index (χ2v) is 6.72. The zero-order valence-corrected chi connectivity index (χ0v) is 15.7. The number of aromatic nitrogens is 2. The highest BCUT2D eigenvalue weighted by Gasteiger charge is 2.49. The van der Waals surface area contributed by atoms with Crippen LogP contribution in [0.4, 0.5) is 13.6 Å². The molecule has 4 rings (SSSR count). The topological polar surface area (TPSA) is 97.6 Å². The van der Waals surface area contributed by atoms with Gasteiger partial charge in [-0.3, -0.25) is 9.69 Å². The summed E-state index contributed by atoms with van der Waals surface area (Å²) in [4.78, 5) is 26.4. The first-order chi connectivity index (χ1) is 14.4. The predicted octanol–water partition coefficient (Wildman–Crippen LogP) is 3.31. The summed E-state index contributed by atoms with van der Waals surface area (Å²) in [7, 11) is 0. The van der Waals surface area contributed by atoms with Crippen LogP contribution in [0.5, 0.6) is 5.75 Å². The number of halogens is 2. The Morgan fingerprint density at radius 3 is 2.47 bits per heavy atom. The molecule has 0 aliphatic carbocycles. The van der Waals surface area contributed by atoms with Crippen LogP contribution in [-0.4, -0.2) is 33.6 Å². The molecular weight excluding hydrogens is 398 g/mol. The van der Waals surface area contributed by atoms with Crippen LogP contribution in [0, 0.1) is 0 Å². The van der Waals surface area contributed by atoms with Crippen molar-refractivity contribution in [3.63, 3.8) is 0 Å². The third-order valence-corrected chi connectivity index (χ3v) is 4.71. The molecule has 0 spiro atoms. The van der Waals surface area contributed by atoms with E-state index < -0.39 is 24.1 Å². The monoisotopic (exact) mass is 414 g/mol. The van der Waals surface area contributed by atoms with E-state index in [-0.39, 0.29) is 24.1 Å². The number of benzene rings is 2. The molecule has 3 amide bonds. The number of imide groups is 1. The van der Waals surface area contributed by atoms with E-state index in [0.29, 0.717) is 11.1 Å². The van der Waals surface area contributed by atoms with Gasteiger partial charge in [0.15, 0.2) is 0 Å². The lowest BCUT2D eigenvalue weighted by Crippen LogP contribution is -2.40. The minimum absolute atomic E-state index is 0.0507. The summed E-state index contributed by atoms with van der Waals surface area (Å²) >= 11 is 0. The van der Waals surface area contributed by atoms with Gasteiger partial charge in [0.2, 0.25) is 11.8 Å². The smallest absolute Gasteiger partial charge is 0.387 e. The normalized spacial score (nSPS) is 18.7. The number of carbonyl (C=O) groups excluding carboxylic acids is 2. The van der Waals surface area contributed by atoms with Gasteiger partial charge in [0.25, 0.3) is 5.91 Å². The van der Waals surface area contributed by atoms with Crippen molar-refractivity contribution in [3.8, 4) is 17.2 Å². The molecule has 1 saturated heterocycles. The quantitative estimate of drug-likeness (QED) is 0.622. The number of amides is 3. The van der Waals surface area contributed by atoms with Crippen LogP contribution < -0.4 is 10.1 Å². The molecule has 1 unspecified atom stereocenters. The van der Waals surface area contributed by atoms with E-state index in [1.54, 1.807) is 12.1 Å². The van der Waals surface area contributed by atoms with E-state index >= 15 is 0 Å².